The van der Waals surface area contributed by atoms with Gasteiger partial charge in [-0.05, 0) is 38.1 Å². The summed E-state index contributed by atoms with van der Waals surface area (Å²) in [4.78, 5) is 0. The van der Waals surface area contributed by atoms with Crippen molar-refractivity contribution in [3.8, 4) is 0 Å². The van der Waals surface area contributed by atoms with Gasteiger partial charge in [0.25, 0.3) is 0 Å². The monoisotopic (exact) mass is 243 g/mol. The van der Waals surface area contributed by atoms with Crippen molar-refractivity contribution >= 4 is 0 Å². The first-order valence-electron chi connectivity index (χ1n) is 7.13. The summed E-state index contributed by atoms with van der Waals surface area (Å²) in [6, 6.07) is 0.771. The molecule has 0 aromatic heterocycles. The molecule has 0 bridgehead atoms. The van der Waals surface area contributed by atoms with E-state index in [0.29, 0.717) is 6.61 Å². The summed E-state index contributed by atoms with van der Waals surface area (Å²) >= 11 is 0. The number of ether oxygens (including phenoxy) is 2. The molecular weight excluding hydrogens is 214 g/mol. The molecule has 1 saturated carbocycles. The Labute approximate surface area is 106 Å². The van der Waals surface area contributed by atoms with Gasteiger partial charge >= 0.3 is 0 Å². The van der Waals surface area contributed by atoms with Crippen molar-refractivity contribution in [1.82, 2.24) is 5.32 Å². The van der Waals surface area contributed by atoms with Gasteiger partial charge in [0.1, 0.15) is 0 Å². The average Bonchev–Trinajstić information content (AvgIpc) is 2.33. The van der Waals surface area contributed by atoms with E-state index in [1.54, 1.807) is 7.11 Å². The average molecular weight is 243 g/mol. The number of unbranched alkanes of at least 4 members (excludes halogenated alkanes) is 1. The third kappa shape index (κ3) is 7.74. The molecule has 0 aromatic rings. The minimum atomic E-state index is 0.707. The maximum Gasteiger partial charge on any atom is 0.0700 e. The van der Waals surface area contributed by atoms with Crippen molar-refractivity contribution in [2.45, 2.75) is 51.5 Å². The minimum absolute atomic E-state index is 0.707. The van der Waals surface area contributed by atoms with Crippen LogP contribution in [0.5, 0.6) is 0 Å². The normalized spacial score (nSPS) is 25.1. The van der Waals surface area contributed by atoms with Crippen LogP contribution in [0.25, 0.3) is 0 Å². The zero-order valence-electron chi connectivity index (χ0n) is 11.5. The summed E-state index contributed by atoms with van der Waals surface area (Å²) in [5.74, 6) is 0.915. The van der Waals surface area contributed by atoms with E-state index in [1.807, 2.05) is 0 Å². The third-order valence-electron chi connectivity index (χ3n) is 3.52. The summed E-state index contributed by atoms with van der Waals surface area (Å²) in [7, 11) is 1.71. The number of methoxy groups -OCH3 is 1. The van der Waals surface area contributed by atoms with Gasteiger partial charge in [-0.2, -0.15) is 0 Å². The van der Waals surface area contributed by atoms with E-state index in [0.717, 1.165) is 38.1 Å². The summed E-state index contributed by atoms with van der Waals surface area (Å²) in [5, 5.41) is 3.67. The molecule has 3 heteroatoms. The van der Waals surface area contributed by atoms with Crippen molar-refractivity contribution in [3.63, 3.8) is 0 Å². The van der Waals surface area contributed by atoms with Crippen LogP contribution in [-0.2, 0) is 9.47 Å². The largest absolute Gasteiger partial charge is 0.382 e. The molecule has 0 radical (unpaired) electrons. The molecule has 2 atom stereocenters. The predicted molar refractivity (Wildman–Crippen MR) is 71.4 cm³/mol. The second-order valence-corrected chi connectivity index (χ2v) is 5.24. The lowest BCUT2D eigenvalue weighted by Gasteiger charge is -2.27. The highest BCUT2D eigenvalue weighted by Crippen LogP contribution is 2.23. The second-order valence-electron chi connectivity index (χ2n) is 5.24. The van der Waals surface area contributed by atoms with Gasteiger partial charge in [0, 0.05) is 19.8 Å². The Balaban J connectivity index is 1.83. The molecule has 2 unspecified atom stereocenters. The Bertz CT molecular complexity index is 176. The Morgan fingerprint density at radius 1 is 1.12 bits per heavy atom. The quantitative estimate of drug-likeness (QED) is 0.631. The van der Waals surface area contributed by atoms with Gasteiger partial charge in [-0.15, -0.1) is 0 Å². The van der Waals surface area contributed by atoms with E-state index in [2.05, 4.69) is 12.2 Å². The second kappa shape index (κ2) is 9.86. The molecule has 102 valence electrons. The fourth-order valence-electron chi connectivity index (χ4n) is 2.50. The molecule has 3 nitrogen and oxygen atoms in total. The molecule has 0 aliphatic heterocycles. The lowest BCUT2D eigenvalue weighted by molar-refractivity contribution is 0.0687. The van der Waals surface area contributed by atoms with Crippen LogP contribution in [0.15, 0.2) is 0 Å². The van der Waals surface area contributed by atoms with Crippen LogP contribution in [0, 0.1) is 5.92 Å². The zero-order chi connectivity index (χ0) is 12.3. The number of rotatable bonds is 9. The van der Waals surface area contributed by atoms with Crippen LogP contribution in [0.3, 0.4) is 0 Å². The van der Waals surface area contributed by atoms with Crippen LogP contribution < -0.4 is 5.32 Å². The summed E-state index contributed by atoms with van der Waals surface area (Å²) in [6.45, 7) is 5.82. The van der Waals surface area contributed by atoms with E-state index in [-0.39, 0.29) is 0 Å². The molecule has 1 fully saturated rings. The SMILES string of the molecule is COCCOCCCCNC1CCCC(C)C1. The maximum atomic E-state index is 5.43. The molecule has 0 spiro atoms. The van der Waals surface area contributed by atoms with Gasteiger partial charge in [-0.1, -0.05) is 19.8 Å². The van der Waals surface area contributed by atoms with Crippen molar-refractivity contribution in [1.29, 1.82) is 0 Å². The van der Waals surface area contributed by atoms with Gasteiger partial charge in [0.15, 0.2) is 0 Å². The van der Waals surface area contributed by atoms with Crippen molar-refractivity contribution < 1.29 is 9.47 Å². The van der Waals surface area contributed by atoms with Crippen molar-refractivity contribution in [2.75, 3.05) is 33.5 Å². The van der Waals surface area contributed by atoms with Crippen LogP contribution in [0.4, 0.5) is 0 Å². The van der Waals surface area contributed by atoms with Crippen molar-refractivity contribution in [3.05, 3.63) is 0 Å². The molecule has 0 aromatic carbocycles. The predicted octanol–water partition coefficient (Wildman–Crippen LogP) is 2.60. The molecule has 17 heavy (non-hydrogen) atoms. The molecule has 1 aliphatic carbocycles. The summed E-state index contributed by atoms with van der Waals surface area (Å²) in [6.07, 6.45) is 7.93. The fraction of sp³-hybridized carbons (Fsp3) is 1.00. The molecule has 1 aliphatic rings. The highest BCUT2D eigenvalue weighted by Gasteiger charge is 2.17. The summed E-state index contributed by atoms with van der Waals surface area (Å²) in [5.41, 5.74) is 0. The smallest absolute Gasteiger partial charge is 0.0700 e. The Hall–Kier alpha value is -0.120. The highest BCUT2D eigenvalue weighted by molar-refractivity contribution is 4.75. The van der Waals surface area contributed by atoms with Gasteiger partial charge in [0.05, 0.1) is 13.2 Å². The van der Waals surface area contributed by atoms with Gasteiger partial charge in [0.2, 0.25) is 0 Å². The first-order chi connectivity index (χ1) is 8.33. The topological polar surface area (TPSA) is 30.5 Å². The van der Waals surface area contributed by atoms with Crippen molar-refractivity contribution in [2.24, 2.45) is 5.92 Å². The van der Waals surface area contributed by atoms with Gasteiger partial charge < -0.3 is 14.8 Å². The first kappa shape index (κ1) is 14.9. The van der Waals surface area contributed by atoms with Gasteiger partial charge in [-0.25, -0.2) is 0 Å². The number of hydrogen-bond acceptors (Lipinski definition) is 3. The van der Waals surface area contributed by atoms with E-state index in [4.69, 9.17) is 9.47 Å². The molecule has 0 saturated heterocycles. The first-order valence-corrected chi connectivity index (χ1v) is 7.13. The standard InChI is InChI=1S/C14H29NO2/c1-13-6-5-7-14(12-13)15-8-3-4-9-17-11-10-16-2/h13-15H,3-12H2,1-2H3. The highest BCUT2D eigenvalue weighted by atomic mass is 16.5. The Kier molecular flexibility index (Phi) is 8.67. The van der Waals surface area contributed by atoms with Crippen LogP contribution in [-0.4, -0.2) is 39.5 Å². The van der Waals surface area contributed by atoms with Gasteiger partial charge in [-0.3, -0.25) is 0 Å². The van der Waals surface area contributed by atoms with Crippen LogP contribution in [0.1, 0.15) is 45.4 Å². The summed E-state index contributed by atoms with van der Waals surface area (Å²) < 4.78 is 10.4. The Morgan fingerprint density at radius 3 is 2.76 bits per heavy atom. The molecular formula is C14H29NO2. The van der Waals surface area contributed by atoms with E-state index in [1.165, 1.54) is 32.1 Å². The lowest BCUT2D eigenvalue weighted by Crippen LogP contribution is -2.34. The maximum absolute atomic E-state index is 5.43. The number of hydrogen-bond donors (Lipinski definition) is 1. The zero-order valence-corrected chi connectivity index (χ0v) is 11.5. The third-order valence-corrected chi connectivity index (χ3v) is 3.52. The molecule has 1 N–H and O–H groups in total. The lowest BCUT2D eigenvalue weighted by atomic mass is 9.87. The van der Waals surface area contributed by atoms with E-state index in [9.17, 15) is 0 Å². The van der Waals surface area contributed by atoms with Crippen LogP contribution in [0.2, 0.25) is 0 Å². The Morgan fingerprint density at radius 2 is 2.00 bits per heavy atom. The molecule has 1 rings (SSSR count). The minimum Gasteiger partial charge on any atom is -0.382 e. The molecule has 0 heterocycles. The number of nitrogens with one attached hydrogen (secondary N) is 1. The fourth-order valence-corrected chi connectivity index (χ4v) is 2.50. The molecule has 0 amide bonds. The van der Waals surface area contributed by atoms with E-state index < -0.39 is 0 Å². The van der Waals surface area contributed by atoms with E-state index >= 15 is 0 Å². The van der Waals surface area contributed by atoms with Crippen LogP contribution >= 0.6 is 0 Å².